The maximum Gasteiger partial charge on any atom is 0.192 e. The normalized spacial score (nSPS) is 24.3. The summed E-state index contributed by atoms with van der Waals surface area (Å²) < 4.78 is 6.23. The fraction of sp³-hybridized carbons (Fsp3) is 0.917. The first-order valence-electron chi connectivity index (χ1n) is 5.92. The Labute approximate surface area is 94.5 Å². The summed E-state index contributed by atoms with van der Waals surface area (Å²) in [5, 5.41) is 0.244. The number of ketones is 1. The van der Waals surface area contributed by atoms with Crippen molar-refractivity contribution in [2.24, 2.45) is 0 Å². The molecule has 1 atom stereocenters. The lowest BCUT2D eigenvalue weighted by Gasteiger charge is -2.40. The van der Waals surface area contributed by atoms with Gasteiger partial charge in [0, 0.05) is 12.8 Å². The Morgan fingerprint density at radius 3 is 2.40 bits per heavy atom. The standard InChI is InChI=1S/C12H24O2Si/c1-12(2,3)15(4,5)14-11-8-6-7-10(13)9-11/h11H,6-9H2,1-5H3. The highest BCUT2D eigenvalue weighted by Crippen LogP contribution is 2.38. The first-order chi connectivity index (χ1) is 6.72. The quantitative estimate of drug-likeness (QED) is 0.676. The lowest BCUT2D eigenvalue weighted by Crippen LogP contribution is -2.45. The summed E-state index contributed by atoms with van der Waals surface area (Å²) in [5.41, 5.74) is 0. The van der Waals surface area contributed by atoms with E-state index in [1.165, 1.54) is 0 Å². The summed E-state index contributed by atoms with van der Waals surface area (Å²) in [4.78, 5) is 11.3. The van der Waals surface area contributed by atoms with Gasteiger partial charge in [-0.2, -0.15) is 0 Å². The van der Waals surface area contributed by atoms with E-state index in [0.29, 0.717) is 12.2 Å². The lowest BCUT2D eigenvalue weighted by atomic mass is 9.97. The van der Waals surface area contributed by atoms with Crippen LogP contribution in [0.4, 0.5) is 0 Å². The zero-order valence-corrected chi connectivity index (χ0v) is 11.7. The number of hydrogen-bond acceptors (Lipinski definition) is 2. The van der Waals surface area contributed by atoms with E-state index in [2.05, 4.69) is 33.9 Å². The second-order valence-electron chi connectivity index (χ2n) is 6.14. The molecular weight excluding hydrogens is 204 g/mol. The van der Waals surface area contributed by atoms with Crippen LogP contribution in [0.3, 0.4) is 0 Å². The van der Waals surface area contributed by atoms with E-state index in [0.717, 1.165) is 19.3 Å². The maximum absolute atomic E-state index is 11.3. The minimum Gasteiger partial charge on any atom is -0.413 e. The van der Waals surface area contributed by atoms with Gasteiger partial charge in [0.25, 0.3) is 0 Å². The summed E-state index contributed by atoms with van der Waals surface area (Å²) in [6, 6.07) is 0. The van der Waals surface area contributed by atoms with Crippen molar-refractivity contribution in [2.75, 3.05) is 0 Å². The van der Waals surface area contributed by atoms with Gasteiger partial charge >= 0.3 is 0 Å². The number of carbonyl (C=O) groups excluding carboxylic acids is 1. The van der Waals surface area contributed by atoms with Crippen LogP contribution in [0.5, 0.6) is 0 Å². The maximum atomic E-state index is 11.3. The third-order valence-corrected chi connectivity index (χ3v) is 8.24. The van der Waals surface area contributed by atoms with Crippen molar-refractivity contribution < 1.29 is 9.22 Å². The molecule has 0 N–H and O–H groups in total. The lowest BCUT2D eigenvalue weighted by molar-refractivity contribution is -0.122. The Morgan fingerprint density at radius 2 is 1.93 bits per heavy atom. The Kier molecular flexibility index (Phi) is 3.77. The smallest absolute Gasteiger partial charge is 0.192 e. The molecule has 0 radical (unpaired) electrons. The topological polar surface area (TPSA) is 26.3 Å². The average Bonchev–Trinajstić information content (AvgIpc) is 2.00. The molecule has 0 amide bonds. The summed E-state index contributed by atoms with van der Waals surface area (Å²) in [6.07, 6.45) is 3.69. The third kappa shape index (κ3) is 3.42. The monoisotopic (exact) mass is 228 g/mol. The molecule has 2 nitrogen and oxygen atoms in total. The highest BCUT2D eigenvalue weighted by molar-refractivity contribution is 6.74. The summed E-state index contributed by atoms with van der Waals surface area (Å²) >= 11 is 0. The summed E-state index contributed by atoms with van der Waals surface area (Å²) in [7, 11) is -1.67. The molecule has 0 heterocycles. The Hall–Kier alpha value is -0.153. The van der Waals surface area contributed by atoms with Gasteiger partial charge in [-0.05, 0) is 31.0 Å². The van der Waals surface area contributed by atoms with Gasteiger partial charge in [0.2, 0.25) is 0 Å². The first-order valence-corrected chi connectivity index (χ1v) is 8.83. The molecule has 0 bridgehead atoms. The van der Waals surface area contributed by atoms with Gasteiger partial charge in [-0.3, -0.25) is 4.79 Å². The van der Waals surface area contributed by atoms with Gasteiger partial charge in [-0.1, -0.05) is 20.8 Å². The summed E-state index contributed by atoms with van der Waals surface area (Å²) in [6.45, 7) is 11.2. The highest BCUT2D eigenvalue weighted by atomic mass is 28.4. The molecule has 0 aliphatic heterocycles. The molecule has 0 aromatic heterocycles. The van der Waals surface area contributed by atoms with Gasteiger partial charge in [-0.15, -0.1) is 0 Å². The minimum atomic E-state index is -1.67. The van der Waals surface area contributed by atoms with Crippen LogP contribution in [0.2, 0.25) is 18.1 Å². The molecule has 0 spiro atoms. The van der Waals surface area contributed by atoms with Gasteiger partial charge in [-0.25, -0.2) is 0 Å². The summed E-state index contributed by atoms with van der Waals surface area (Å²) in [5.74, 6) is 0.380. The third-order valence-electron chi connectivity index (χ3n) is 3.70. The van der Waals surface area contributed by atoms with Gasteiger partial charge in [0.15, 0.2) is 8.32 Å². The molecule has 15 heavy (non-hydrogen) atoms. The fourth-order valence-electron chi connectivity index (χ4n) is 1.68. The average molecular weight is 228 g/mol. The predicted octanol–water partition coefficient (Wildman–Crippen LogP) is 3.52. The fourth-order valence-corrected chi connectivity index (χ4v) is 3.07. The van der Waals surface area contributed by atoms with E-state index in [1.807, 2.05) is 0 Å². The molecule has 0 aromatic rings. The number of hydrogen-bond donors (Lipinski definition) is 0. The van der Waals surface area contributed by atoms with E-state index in [9.17, 15) is 4.79 Å². The van der Waals surface area contributed by atoms with Crippen LogP contribution in [0.25, 0.3) is 0 Å². The van der Waals surface area contributed by atoms with Crippen molar-refractivity contribution in [1.82, 2.24) is 0 Å². The number of rotatable bonds is 2. The number of carbonyl (C=O) groups is 1. The van der Waals surface area contributed by atoms with E-state index < -0.39 is 8.32 Å². The number of Topliss-reactive ketones (excluding diaryl/α,β-unsaturated/α-hetero) is 1. The van der Waals surface area contributed by atoms with Crippen LogP contribution in [0.15, 0.2) is 0 Å². The van der Waals surface area contributed by atoms with Crippen LogP contribution >= 0.6 is 0 Å². The molecular formula is C12H24O2Si. The van der Waals surface area contributed by atoms with Crippen LogP contribution in [-0.2, 0) is 9.22 Å². The van der Waals surface area contributed by atoms with Crippen molar-refractivity contribution in [3.63, 3.8) is 0 Å². The van der Waals surface area contributed by atoms with Gasteiger partial charge < -0.3 is 4.43 Å². The molecule has 1 aliphatic rings. The Balaban J connectivity index is 2.57. The van der Waals surface area contributed by atoms with Crippen molar-refractivity contribution in [1.29, 1.82) is 0 Å². The molecule has 3 heteroatoms. The Bertz CT molecular complexity index is 240. The second-order valence-corrected chi connectivity index (χ2v) is 10.9. The van der Waals surface area contributed by atoms with Gasteiger partial charge in [0.05, 0.1) is 6.10 Å². The van der Waals surface area contributed by atoms with E-state index >= 15 is 0 Å². The van der Waals surface area contributed by atoms with Crippen LogP contribution in [0, 0.1) is 0 Å². The minimum absolute atomic E-state index is 0.201. The van der Waals surface area contributed by atoms with Crippen molar-refractivity contribution in [3.8, 4) is 0 Å². The molecule has 0 aromatic carbocycles. The zero-order valence-electron chi connectivity index (χ0n) is 10.7. The molecule has 1 unspecified atom stereocenters. The van der Waals surface area contributed by atoms with E-state index in [-0.39, 0.29) is 11.1 Å². The second kappa shape index (κ2) is 4.38. The van der Waals surface area contributed by atoms with Gasteiger partial charge in [0.1, 0.15) is 5.78 Å². The zero-order chi connectivity index (χ0) is 11.7. The van der Waals surface area contributed by atoms with Crippen molar-refractivity contribution >= 4 is 14.1 Å². The van der Waals surface area contributed by atoms with Crippen LogP contribution < -0.4 is 0 Å². The molecule has 1 aliphatic carbocycles. The van der Waals surface area contributed by atoms with E-state index in [4.69, 9.17) is 4.43 Å². The molecule has 1 fully saturated rings. The first kappa shape index (κ1) is 12.9. The largest absolute Gasteiger partial charge is 0.413 e. The predicted molar refractivity (Wildman–Crippen MR) is 65.5 cm³/mol. The van der Waals surface area contributed by atoms with Crippen LogP contribution in [-0.4, -0.2) is 20.2 Å². The Morgan fingerprint density at radius 1 is 1.33 bits per heavy atom. The molecule has 1 rings (SSSR count). The van der Waals surface area contributed by atoms with E-state index in [1.54, 1.807) is 0 Å². The van der Waals surface area contributed by atoms with Crippen LogP contribution in [0.1, 0.15) is 46.5 Å². The van der Waals surface area contributed by atoms with Crippen molar-refractivity contribution in [3.05, 3.63) is 0 Å². The molecule has 88 valence electrons. The molecule has 0 saturated heterocycles. The highest BCUT2D eigenvalue weighted by Gasteiger charge is 2.39. The molecule has 1 saturated carbocycles. The van der Waals surface area contributed by atoms with Crippen molar-refractivity contribution in [2.45, 2.75) is 70.7 Å². The SMILES string of the molecule is CC(C)(C)[Si](C)(C)OC1CCCC(=O)C1.